The normalized spacial score (nSPS) is 37.9. The van der Waals surface area contributed by atoms with Crippen molar-refractivity contribution in [3.05, 3.63) is 22.8 Å². The summed E-state index contributed by atoms with van der Waals surface area (Å²) in [4.78, 5) is 10.9. The quantitative estimate of drug-likeness (QED) is 0.386. The molecule has 0 aliphatic heterocycles. The standard InChI is InChI=1S/C23H35N3O/c1-14(25-26-21(24)27)15-9-12-23(4)16(13-15)5-6-17-18-10-11-22(2,3)19(18)7-8-20(17)23/h9,16-17,20H,5-8,10-13H2,1-4H3,(H3,24,26,27)/b25-14+/t16-,17?,20?,23-/m0/s1. The van der Waals surface area contributed by atoms with Crippen LogP contribution in [0.3, 0.4) is 0 Å². The molecule has 4 aliphatic carbocycles. The van der Waals surface area contributed by atoms with Crippen LogP contribution in [0.25, 0.3) is 0 Å². The lowest BCUT2D eigenvalue weighted by molar-refractivity contribution is -0.00481. The summed E-state index contributed by atoms with van der Waals surface area (Å²) in [6, 6.07) is -0.595. The number of carbonyl (C=O) groups excluding carboxylic acids is 1. The lowest BCUT2D eigenvalue weighted by atomic mass is 9.49. The summed E-state index contributed by atoms with van der Waals surface area (Å²) >= 11 is 0. The number of hydrogen-bond donors (Lipinski definition) is 2. The SMILES string of the molecule is C/C(=N\NC(N)=O)C1=CC[C@]2(C)C3CCC4=C(CCC4(C)C)C3CC[C@H]2C1. The summed E-state index contributed by atoms with van der Waals surface area (Å²) in [5, 5.41) is 4.17. The summed E-state index contributed by atoms with van der Waals surface area (Å²) in [5.41, 5.74) is 14.3. The Hall–Kier alpha value is -1.58. The molecule has 27 heavy (non-hydrogen) atoms. The van der Waals surface area contributed by atoms with Crippen molar-refractivity contribution >= 4 is 11.7 Å². The Morgan fingerprint density at radius 3 is 2.74 bits per heavy atom. The van der Waals surface area contributed by atoms with Crippen LogP contribution in [0.5, 0.6) is 0 Å². The van der Waals surface area contributed by atoms with E-state index in [1.54, 1.807) is 0 Å². The Labute approximate surface area is 163 Å². The first-order valence-corrected chi connectivity index (χ1v) is 10.7. The third kappa shape index (κ3) is 3.05. The highest BCUT2D eigenvalue weighted by Crippen LogP contribution is 2.63. The summed E-state index contributed by atoms with van der Waals surface area (Å²) in [7, 11) is 0. The highest BCUT2D eigenvalue weighted by atomic mass is 16.2. The van der Waals surface area contributed by atoms with Crippen molar-refractivity contribution in [3.63, 3.8) is 0 Å². The van der Waals surface area contributed by atoms with Gasteiger partial charge in [0, 0.05) is 0 Å². The smallest absolute Gasteiger partial charge is 0.332 e. The summed E-state index contributed by atoms with van der Waals surface area (Å²) in [6.07, 6.45) is 12.7. The van der Waals surface area contributed by atoms with Gasteiger partial charge in [0.05, 0.1) is 5.71 Å². The molecule has 0 aromatic heterocycles. The van der Waals surface area contributed by atoms with Crippen molar-refractivity contribution in [1.29, 1.82) is 0 Å². The van der Waals surface area contributed by atoms with Crippen LogP contribution >= 0.6 is 0 Å². The van der Waals surface area contributed by atoms with Crippen molar-refractivity contribution in [2.45, 2.75) is 79.1 Å². The fourth-order valence-electron chi connectivity index (χ4n) is 6.86. The van der Waals surface area contributed by atoms with Gasteiger partial charge < -0.3 is 5.73 Å². The molecular weight excluding hydrogens is 334 g/mol. The predicted molar refractivity (Wildman–Crippen MR) is 110 cm³/mol. The molecule has 0 radical (unpaired) electrons. The number of amides is 2. The van der Waals surface area contributed by atoms with Crippen molar-refractivity contribution in [3.8, 4) is 0 Å². The average Bonchev–Trinajstić information content (AvgIpc) is 2.94. The van der Waals surface area contributed by atoms with Crippen LogP contribution in [0.1, 0.15) is 79.1 Å². The van der Waals surface area contributed by atoms with Gasteiger partial charge in [-0.2, -0.15) is 5.10 Å². The van der Waals surface area contributed by atoms with Gasteiger partial charge in [0.1, 0.15) is 0 Å². The summed E-state index contributed by atoms with van der Waals surface area (Å²) in [5.74, 6) is 2.40. The van der Waals surface area contributed by atoms with Gasteiger partial charge in [-0.25, -0.2) is 10.2 Å². The van der Waals surface area contributed by atoms with E-state index in [-0.39, 0.29) is 0 Å². The third-order valence-electron chi connectivity index (χ3n) is 8.52. The van der Waals surface area contributed by atoms with Crippen LogP contribution in [0, 0.1) is 28.6 Å². The molecule has 4 rings (SSSR count). The van der Waals surface area contributed by atoms with Crippen LogP contribution in [-0.2, 0) is 0 Å². The molecule has 0 bridgehead atoms. The number of rotatable bonds is 2. The van der Waals surface area contributed by atoms with E-state index in [1.807, 2.05) is 18.1 Å². The number of hydrazone groups is 1. The fraction of sp³-hybridized carbons (Fsp3) is 0.739. The van der Waals surface area contributed by atoms with Crippen molar-refractivity contribution < 1.29 is 4.79 Å². The highest BCUT2D eigenvalue weighted by molar-refractivity contribution is 5.98. The maximum absolute atomic E-state index is 10.9. The van der Waals surface area contributed by atoms with Gasteiger partial charge >= 0.3 is 6.03 Å². The van der Waals surface area contributed by atoms with E-state index in [4.69, 9.17) is 5.73 Å². The average molecular weight is 370 g/mol. The van der Waals surface area contributed by atoms with E-state index in [9.17, 15) is 4.79 Å². The molecule has 4 nitrogen and oxygen atoms in total. The van der Waals surface area contributed by atoms with Gasteiger partial charge in [0.2, 0.25) is 0 Å². The van der Waals surface area contributed by atoms with Crippen molar-refractivity contribution in [2.75, 3.05) is 0 Å². The van der Waals surface area contributed by atoms with Crippen LogP contribution in [0.2, 0.25) is 0 Å². The maximum Gasteiger partial charge on any atom is 0.332 e. The Morgan fingerprint density at radius 2 is 2.00 bits per heavy atom. The molecule has 1 fully saturated rings. The van der Waals surface area contributed by atoms with Crippen molar-refractivity contribution in [2.24, 2.45) is 39.4 Å². The topological polar surface area (TPSA) is 67.5 Å². The summed E-state index contributed by atoms with van der Waals surface area (Å²) < 4.78 is 0. The van der Waals surface area contributed by atoms with E-state index in [0.717, 1.165) is 36.3 Å². The lowest BCUT2D eigenvalue weighted by Gasteiger charge is -2.55. The Morgan fingerprint density at radius 1 is 1.22 bits per heavy atom. The number of allylic oxidation sites excluding steroid dienone is 4. The van der Waals surface area contributed by atoms with Gasteiger partial charge in [-0.15, -0.1) is 0 Å². The molecule has 4 atom stereocenters. The number of nitrogens with zero attached hydrogens (tertiary/aromatic N) is 1. The van der Waals surface area contributed by atoms with Gasteiger partial charge in [0.25, 0.3) is 0 Å². The molecule has 4 aliphatic rings. The minimum absolute atomic E-state index is 0.412. The van der Waals surface area contributed by atoms with E-state index in [0.29, 0.717) is 10.8 Å². The second-order valence-corrected chi connectivity index (χ2v) is 10.2. The number of primary amides is 1. The number of carbonyl (C=O) groups is 1. The molecule has 0 heterocycles. The molecule has 0 aromatic carbocycles. The zero-order chi connectivity index (χ0) is 19.4. The second-order valence-electron chi connectivity index (χ2n) is 10.2. The van der Waals surface area contributed by atoms with E-state index in [1.165, 1.54) is 44.1 Å². The van der Waals surface area contributed by atoms with Gasteiger partial charge in [0.15, 0.2) is 0 Å². The van der Waals surface area contributed by atoms with Gasteiger partial charge in [-0.3, -0.25) is 0 Å². The zero-order valence-electron chi connectivity index (χ0n) is 17.4. The van der Waals surface area contributed by atoms with E-state index >= 15 is 0 Å². The molecule has 3 N–H and O–H groups in total. The molecule has 148 valence electrons. The minimum Gasteiger partial charge on any atom is -0.350 e. The van der Waals surface area contributed by atoms with Gasteiger partial charge in [-0.05, 0) is 92.4 Å². The highest BCUT2D eigenvalue weighted by Gasteiger charge is 2.53. The number of nitrogens with two attached hydrogens (primary N) is 1. The van der Waals surface area contributed by atoms with Crippen LogP contribution in [0.4, 0.5) is 4.79 Å². The Kier molecular flexibility index (Phi) is 4.51. The third-order valence-corrected chi connectivity index (χ3v) is 8.52. The fourth-order valence-corrected chi connectivity index (χ4v) is 6.86. The number of nitrogens with one attached hydrogen (secondary N) is 1. The molecule has 4 heteroatoms. The number of hydrogen-bond acceptors (Lipinski definition) is 2. The lowest BCUT2D eigenvalue weighted by Crippen LogP contribution is -2.47. The molecule has 2 amide bonds. The first kappa shape index (κ1) is 18.8. The summed E-state index contributed by atoms with van der Waals surface area (Å²) in [6.45, 7) is 9.46. The number of fused-ring (bicyclic) bond motifs is 4. The van der Waals surface area contributed by atoms with Crippen LogP contribution < -0.4 is 11.2 Å². The van der Waals surface area contributed by atoms with Crippen LogP contribution in [-0.4, -0.2) is 11.7 Å². The number of urea groups is 1. The van der Waals surface area contributed by atoms with E-state index in [2.05, 4.69) is 37.4 Å². The molecule has 1 saturated carbocycles. The molecule has 0 saturated heterocycles. The Bertz CT molecular complexity index is 745. The predicted octanol–water partition coefficient (Wildman–Crippen LogP) is 5.31. The molecular formula is C23H35N3O. The van der Waals surface area contributed by atoms with Crippen molar-refractivity contribution in [1.82, 2.24) is 5.43 Å². The molecule has 2 unspecified atom stereocenters. The zero-order valence-corrected chi connectivity index (χ0v) is 17.4. The van der Waals surface area contributed by atoms with Gasteiger partial charge in [-0.1, -0.05) is 38.0 Å². The molecule has 0 spiro atoms. The second kappa shape index (κ2) is 6.49. The van der Waals surface area contributed by atoms with E-state index < -0.39 is 6.03 Å². The van der Waals surface area contributed by atoms with Crippen LogP contribution in [0.15, 0.2) is 27.9 Å². The first-order valence-electron chi connectivity index (χ1n) is 10.7. The molecule has 0 aromatic rings. The maximum atomic E-state index is 10.9. The Balaban J connectivity index is 1.57. The largest absolute Gasteiger partial charge is 0.350 e. The monoisotopic (exact) mass is 369 g/mol. The first-order chi connectivity index (χ1) is 12.7. The minimum atomic E-state index is -0.595.